The van der Waals surface area contributed by atoms with Crippen molar-refractivity contribution in [2.45, 2.75) is 4.90 Å². The van der Waals surface area contributed by atoms with Gasteiger partial charge in [0.15, 0.2) is 0 Å². The van der Waals surface area contributed by atoms with E-state index in [1.54, 1.807) is 12.1 Å². The first-order chi connectivity index (χ1) is 15.8. The standard InChI is InChI=1S/C23H21F2N3O4S/c24-19-3-1-2-4-21(19)27-33(30,31)18-8-5-16(6-9-18)23(29)26-17-7-10-22(20(25)15-17)28-11-13-32-14-12-28/h1-10,15,27H,11-14H2,(H,26,29). The van der Waals surface area contributed by atoms with Crippen LogP contribution in [0.2, 0.25) is 0 Å². The molecule has 1 amide bonds. The lowest BCUT2D eigenvalue weighted by molar-refractivity contribution is 0.102. The van der Waals surface area contributed by atoms with Gasteiger partial charge < -0.3 is 15.0 Å². The third-order valence-corrected chi connectivity index (χ3v) is 6.48. The van der Waals surface area contributed by atoms with Crippen LogP contribution in [-0.2, 0) is 14.8 Å². The maximum Gasteiger partial charge on any atom is 0.261 e. The summed E-state index contributed by atoms with van der Waals surface area (Å²) in [4.78, 5) is 14.3. The van der Waals surface area contributed by atoms with E-state index in [1.165, 1.54) is 48.5 Å². The van der Waals surface area contributed by atoms with Crippen LogP contribution < -0.4 is 14.9 Å². The van der Waals surface area contributed by atoms with E-state index in [1.807, 2.05) is 4.90 Å². The molecule has 0 aromatic heterocycles. The maximum atomic E-state index is 14.5. The summed E-state index contributed by atoms with van der Waals surface area (Å²) in [5.74, 6) is -1.70. The van der Waals surface area contributed by atoms with E-state index in [0.717, 1.165) is 6.07 Å². The molecule has 0 saturated carbocycles. The molecule has 0 unspecified atom stereocenters. The van der Waals surface area contributed by atoms with Gasteiger partial charge in [-0.3, -0.25) is 9.52 Å². The van der Waals surface area contributed by atoms with Crippen LogP contribution in [0.5, 0.6) is 0 Å². The van der Waals surface area contributed by atoms with E-state index in [9.17, 15) is 22.0 Å². The normalized spacial score (nSPS) is 14.1. The molecule has 10 heteroatoms. The van der Waals surface area contributed by atoms with Gasteiger partial charge in [-0.25, -0.2) is 17.2 Å². The van der Waals surface area contributed by atoms with Crippen molar-refractivity contribution in [1.29, 1.82) is 0 Å². The summed E-state index contributed by atoms with van der Waals surface area (Å²) in [6.45, 7) is 2.23. The first kappa shape index (κ1) is 22.7. The highest BCUT2D eigenvalue weighted by Crippen LogP contribution is 2.24. The molecule has 3 aromatic rings. The minimum atomic E-state index is -4.04. The summed E-state index contributed by atoms with van der Waals surface area (Å²) in [7, 11) is -4.04. The molecule has 4 rings (SSSR count). The Bertz CT molecular complexity index is 1260. The average molecular weight is 474 g/mol. The molecule has 1 aliphatic heterocycles. The Morgan fingerprint density at radius 3 is 2.27 bits per heavy atom. The lowest BCUT2D eigenvalue weighted by Crippen LogP contribution is -2.36. The van der Waals surface area contributed by atoms with Gasteiger partial charge in [-0.05, 0) is 54.6 Å². The van der Waals surface area contributed by atoms with Crippen LogP contribution in [0.15, 0.2) is 71.6 Å². The molecule has 33 heavy (non-hydrogen) atoms. The molecule has 7 nitrogen and oxygen atoms in total. The number of morpholine rings is 1. The van der Waals surface area contributed by atoms with Gasteiger partial charge in [-0.1, -0.05) is 12.1 Å². The Morgan fingerprint density at radius 1 is 0.909 bits per heavy atom. The Labute approximate surface area is 190 Å². The van der Waals surface area contributed by atoms with Gasteiger partial charge >= 0.3 is 0 Å². The summed E-state index contributed by atoms with van der Waals surface area (Å²) >= 11 is 0. The van der Waals surface area contributed by atoms with Crippen molar-refractivity contribution in [3.8, 4) is 0 Å². The predicted octanol–water partition coefficient (Wildman–Crippen LogP) is 3.85. The molecule has 0 radical (unpaired) electrons. The zero-order chi connectivity index (χ0) is 23.4. The number of sulfonamides is 1. The predicted molar refractivity (Wildman–Crippen MR) is 121 cm³/mol. The van der Waals surface area contributed by atoms with Crippen LogP contribution in [0.25, 0.3) is 0 Å². The van der Waals surface area contributed by atoms with Gasteiger partial charge in [0.25, 0.3) is 15.9 Å². The second-order valence-corrected chi connectivity index (χ2v) is 9.01. The second kappa shape index (κ2) is 9.55. The van der Waals surface area contributed by atoms with Gasteiger partial charge in [0.1, 0.15) is 11.6 Å². The molecule has 0 bridgehead atoms. The zero-order valence-corrected chi connectivity index (χ0v) is 18.2. The third kappa shape index (κ3) is 5.29. The minimum Gasteiger partial charge on any atom is -0.378 e. The summed E-state index contributed by atoms with van der Waals surface area (Å²) in [5, 5.41) is 2.60. The fourth-order valence-corrected chi connectivity index (χ4v) is 4.45. The summed E-state index contributed by atoms with van der Waals surface area (Å²) < 4.78 is 60.7. The van der Waals surface area contributed by atoms with Gasteiger partial charge in [0.05, 0.1) is 29.5 Å². The number of hydrogen-bond donors (Lipinski definition) is 2. The average Bonchev–Trinajstić information content (AvgIpc) is 2.81. The number of rotatable bonds is 6. The fraction of sp³-hybridized carbons (Fsp3) is 0.174. The van der Waals surface area contributed by atoms with Crippen molar-refractivity contribution in [2.75, 3.05) is 41.2 Å². The maximum absolute atomic E-state index is 14.5. The second-order valence-electron chi connectivity index (χ2n) is 7.33. The van der Waals surface area contributed by atoms with Crippen molar-refractivity contribution in [1.82, 2.24) is 0 Å². The van der Waals surface area contributed by atoms with Gasteiger partial charge in [0.2, 0.25) is 0 Å². The quantitative estimate of drug-likeness (QED) is 0.568. The van der Waals surface area contributed by atoms with Crippen LogP contribution in [0.1, 0.15) is 10.4 Å². The van der Waals surface area contributed by atoms with E-state index in [2.05, 4.69) is 10.0 Å². The van der Waals surface area contributed by atoms with Crippen LogP contribution in [-0.4, -0.2) is 40.6 Å². The number of amides is 1. The van der Waals surface area contributed by atoms with E-state index in [4.69, 9.17) is 4.74 Å². The summed E-state index contributed by atoms with van der Waals surface area (Å²) in [6, 6.07) is 14.9. The summed E-state index contributed by atoms with van der Waals surface area (Å²) in [6.07, 6.45) is 0. The molecule has 1 aliphatic rings. The van der Waals surface area contributed by atoms with Crippen molar-refractivity contribution >= 4 is 33.0 Å². The molecular formula is C23H21F2N3O4S. The van der Waals surface area contributed by atoms with Crippen molar-refractivity contribution in [3.63, 3.8) is 0 Å². The van der Waals surface area contributed by atoms with Gasteiger partial charge in [0, 0.05) is 24.3 Å². The number of carbonyl (C=O) groups is 1. The van der Waals surface area contributed by atoms with Crippen LogP contribution in [0, 0.1) is 11.6 Å². The van der Waals surface area contributed by atoms with Crippen molar-refractivity contribution in [2.24, 2.45) is 0 Å². The number of anilines is 3. The van der Waals surface area contributed by atoms with E-state index < -0.39 is 27.6 Å². The van der Waals surface area contributed by atoms with Gasteiger partial charge in [-0.2, -0.15) is 0 Å². The van der Waals surface area contributed by atoms with Gasteiger partial charge in [-0.15, -0.1) is 0 Å². The monoisotopic (exact) mass is 473 g/mol. The number of nitrogens with zero attached hydrogens (tertiary/aromatic N) is 1. The lowest BCUT2D eigenvalue weighted by atomic mass is 10.2. The molecular weight excluding hydrogens is 452 g/mol. The number of ether oxygens (including phenoxy) is 1. The number of benzene rings is 3. The van der Waals surface area contributed by atoms with Crippen LogP contribution in [0.4, 0.5) is 25.8 Å². The van der Waals surface area contributed by atoms with E-state index >= 15 is 0 Å². The largest absolute Gasteiger partial charge is 0.378 e. The molecule has 3 aromatic carbocycles. The molecule has 0 aliphatic carbocycles. The fourth-order valence-electron chi connectivity index (χ4n) is 3.38. The number of halogens is 2. The SMILES string of the molecule is O=C(Nc1ccc(N2CCOCC2)c(F)c1)c1ccc(S(=O)(=O)Nc2ccccc2F)cc1. The highest BCUT2D eigenvalue weighted by molar-refractivity contribution is 7.92. The van der Waals surface area contributed by atoms with Crippen LogP contribution in [0.3, 0.4) is 0 Å². The minimum absolute atomic E-state index is 0.136. The molecule has 0 atom stereocenters. The smallest absolute Gasteiger partial charge is 0.261 e. The molecule has 2 N–H and O–H groups in total. The summed E-state index contributed by atoms with van der Waals surface area (Å²) in [5.41, 5.74) is 0.708. The van der Waals surface area contributed by atoms with E-state index in [0.29, 0.717) is 32.0 Å². The molecule has 172 valence electrons. The molecule has 0 spiro atoms. The zero-order valence-electron chi connectivity index (χ0n) is 17.4. The Kier molecular flexibility index (Phi) is 6.57. The number of carbonyl (C=O) groups excluding carboxylic acids is 1. The number of hydrogen-bond acceptors (Lipinski definition) is 5. The van der Waals surface area contributed by atoms with Crippen molar-refractivity contribution in [3.05, 3.63) is 83.9 Å². The highest BCUT2D eigenvalue weighted by Gasteiger charge is 2.18. The third-order valence-electron chi connectivity index (χ3n) is 5.10. The molecule has 1 saturated heterocycles. The highest BCUT2D eigenvalue weighted by atomic mass is 32.2. The van der Waals surface area contributed by atoms with Crippen molar-refractivity contribution < 1.29 is 26.7 Å². The Morgan fingerprint density at radius 2 is 1.61 bits per heavy atom. The number of nitrogens with one attached hydrogen (secondary N) is 2. The molecule has 1 heterocycles. The lowest BCUT2D eigenvalue weighted by Gasteiger charge is -2.29. The van der Waals surface area contributed by atoms with E-state index in [-0.39, 0.29) is 21.8 Å². The molecule has 1 fully saturated rings. The topological polar surface area (TPSA) is 87.7 Å². The Hall–Kier alpha value is -3.50. The number of para-hydroxylation sites is 1. The first-order valence-corrected chi connectivity index (χ1v) is 11.6. The van der Waals surface area contributed by atoms with Crippen LogP contribution >= 0.6 is 0 Å². The Balaban J connectivity index is 1.44. The first-order valence-electron chi connectivity index (χ1n) is 10.1.